The fourth-order valence-electron chi connectivity index (χ4n) is 4.23. The van der Waals surface area contributed by atoms with Crippen molar-refractivity contribution < 1.29 is 23.8 Å². The fourth-order valence-corrected chi connectivity index (χ4v) is 4.23. The van der Waals surface area contributed by atoms with Crippen LogP contribution in [-0.4, -0.2) is 37.4 Å². The second-order valence-electron chi connectivity index (χ2n) is 6.65. The fraction of sp³-hybridized carbons (Fsp3) is 0.889. The van der Waals surface area contributed by atoms with E-state index in [1.165, 1.54) is 6.92 Å². The molecule has 1 aliphatic carbocycles. The summed E-state index contributed by atoms with van der Waals surface area (Å²) in [6.07, 6.45) is 5.82. The molecule has 5 nitrogen and oxygen atoms in total. The first-order chi connectivity index (χ1) is 11.1. The maximum absolute atomic E-state index is 12.3. The Morgan fingerprint density at radius 3 is 2.48 bits per heavy atom. The Morgan fingerprint density at radius 1 is 1.22 bits per heavy atom. The summed E-state index contributed by atoms with van der Waals surface area (Å²) in [6.45, 7) is 6.93. The Kier molecular flexibility index (Phi) is 6.60. The number of Topliss-reactive ketones (excluding diaryl/α,β-unsaturated/α-hetero) is 1. The molecule has 23 heavy (non-hydrogen) atoms. The van der Waals surface area contributed by atoms with Crippen LogP contribution in [0.25, 0.3) is 0 Å². The highest BCUT2D eigenvalue weighted by atomic mass is 16.7. The van der Waals surface area contributed by atoms with Gasteiger partial charge in [0.15, 0.2) is 5.79 Å². The van der Waals surface area contributed by atoms with Gasteiger partial charge in [-0.15, -0.1) is 0 Å². The van der Waals surface area contributed by atoms with Crippen molar-refractivity contribution in [3.8, 4) is 0 Å². The lowest BCUT2D eigenvalue weighted by molar-refractivity contribution is -0.191. The number of ketones is 1. The average molecular weight is 326 g/mol. The number of hydrogen-bond donors (Lipinski definition) is 0. The molecule has 0 radical (unpaired) electrons. The number of carbonyl (C=O) groups is 2. The standard InChI is InChI=1S/C18H30O5/c1-4-6-7-8-15-14(9-10-18(15)22-11-12-23-18)16(13(3)19)17(20)21-5-2/h14-16H,4-12H2,1-3H3. The maximum Gasteiger partial charge on any atom is 0.316 e. The lowest BCUT2D eigenvalue weighted by Crippen LogP contribution is -2.41. The quantitative estimate of drug-likeness (QED) is 0.390. The predicted molar refractivity (Wildman–Crippen MR) is 85.8 cm³/mol. The predicted octanol–water partition coefficient (Wildman–Crippen LogP) is 3.10. The first kappa shape index (κ1) is 18.4. The molecule has 3 atom stereocenters. The Hall–Kier alpha value is -0.940. The molecule has 2 fully saturated rings. The van der Waals surface area contributed by atoms with Crippen LogP contribution in [0, 0.1) is 17.8 Å². The van der Waals surface area contributed by atoms with Gasteiger partial charge in [-0.3, -0.25) is 9.59 Å². The third kappa shape index (κ3) is 3.94. The minimum Gasteiger partial charge on any atom is -0.465 e. The molecular weight excluding hydrogens is 296 g/mol. The second-order valence-corrected chi connectivity index (χ2v) is 6.65. The van der Waals surface area contributed by atoms with E-state index in [0.717, 1.165) is 38.5 Å². The largest absolute Gasteiger partial charge is 0.465 e. The zero-order chi connectivity index (χ0) is 16.9. The van der Waals surface area contributed by atoms with Crippen LogP contribution < -0.4 is 0 Å². The van der Waals surface area contributed by atoms with Crippen LogP contribution >= 0.6 is 0 Å². The van der Waals surface area contributed by atoms with Crippen LogP contribution in [-0.2, 0) is 23.8 Å². The van der Waals surface area contributed by atoms with Gasteiger partial charge in [0.2, 0.25) is 0 Å². The molecular formula is C18H30O5. The van der Waals surface area contributed by atoms with Crippen molar-refractivity contribution >= 4 is 11.8 Å². The molecule has 1 saturated heterocycles. The number of unbranched alkanes of at least 4 members (excludes halogenated alkanes) is 2. The third-order valence-corrected chi connectivity index (χ3v) is 5.21. The van der Waals surface area contributed by atoms with Crippen LogP contribution in [0.15, 0.2) is 0 Å². The first-order valence-corrected chi connectivity index (χ1v) is 9.00. The molecule has 0 aromatic carbocycles. The van der Waals surface area contributed by atoms with Gasteiger partial charge >= 0.3 is 5.97 Å². The number of carbonyl (C=O) groups excluding carboxylic acids is 2. The van der Waals surface area contributed by atoms with Gasteiger partial charge < -0.3 is 14.2 Å². The van der Waals surface area contributed by atoms with E-state index in [0.29, 0.717) is 19.8 Å². The highest BCUT2D eigenvalue weighted by Gasteiger charge is 2.56. The van der Waals surface area contributed by atoms with E-state index in [9.17, 15) is 9.59 Å². The summed E-state index contributed by atoms with van der Waals surface area (Å²) in [6, 6.07) is 0. The van der Waals surface area contributed by atoms with Gasteiger partial charge in [0.25, 0.3) is 0 Å². The van der Waals surface area contributed by atoms with Crippen LogP contribution in [0.1, 0.15) is 59.3 Å². The van der Waals surface area contributed by atoms with E-state index in [-0.39, 0.29) is 23.6 Å². The zero-order valence-electron chi connectivity index (χ0n) is 14.6. The smallest absolute Gasteiger partial charge is 0.316 e. The molecule has 0 bridgehead atoms. The van der Waals surface area contributed by atoms with Gasteiger partial charge in [-0.2, -0.15) is 0 Å². The summed E-state index contributed by atoms with van der Waals surface area (Å²) < 4.78 is 17.1. The van der Waals surface area contributed by atoms with Crippen molar-refractivity contribution in [3.63, 3.8) is 0 Å². The van der Waals surface area contributed by atoms with E-state index in [1.54, 1.807) is 6.92 Å². The summed E-state index contributed by atoms with van der Waals surface area (Å²) in [5, 5.41) is 0. The molecule has 5 heteroatoms. The van der Waals surface area contributed by atoms with Crippen molar-refractivity contribution in [3.05, 3.63) is 0 Å². The molecule has 0 aromatic heterocycles. The van der Waals surface area contributed by atoms with Gasteiger partial charge in [-0.1, -0.05) is 26.2 Å². The molecule has 1 spiro atoms. The molecule has 1 heterocycles. The highest BCUT2D eigenvalue weighted by Crippen LogP contribution is 2.51. The minimum absolute atomic E-state index is 0.0403. The lowest BCUT2D eigenvalue weighted by atomic mass is 9.78. The molecule has 0 aromatic rings. The van der Waals surface area contributed by atoms with Crippen molar-refractivity contribution in [1.29, 1.82) is 0 Å². The summed E-state index contributed by atoms with van der Waals surface area (Å²) in [7, 11) is 0. The van der Waals surface area contributed by atoms with Crippen LogP contribution in [0.4, 0.5) is 0 Å². The number of ether oxygens (including phenoxy) is 3. The summed E-state index contributed by atoms with van der Waals surface area (Å²) in [4.78, 5) is 24.5. The van der Waals surface area contributed by atoms with Gasteiger partial charge in [0.05, 0.1) is 19.8 Å². The topological polar surface area (TPSA) is 61.8 Å². The molecule has 0 amide bonds. The maximum atomic E-state index is 12.3. The summed E-state index contributed by atoms with van der Waals surface area (Å²) in [5.74, 6) is -1.71. The molecule has 3 unspecified atom stereocenters. The molecule has 0 N–H and O–H groups in total. The van der Waals surface area contributed by atoms with Crippen LogP contribution in [0.5, 0.6) is 0 Å². The SMILES string of the molecule is CCCCCC1C(C(C(C)=O)C(=O)OCC)CCC12OCCO2. The van der Waals surface area contributed by atoms with Crippen molar-refractivity contribution in [2.45, 2.75) is 65.1 Å². The van der Waals surface area contributed by atoms with Crippen molar-refractivity contribution in [2.75, 3.05) is 19.8 Å². The van der Waals surface area contributed by atoms with Gasteiger partial charge in [0.1, 0.15) is 11.7 Å². The molecule has 1 saturated carbocycles. The number of esters is 1. The van der Waals surface area contributed by atoms with E-state index in [1.807, 2.05) is 0 Å². The second kappa shape index (κ2) is 8.25. The zero-order valence-corrected chi connectivity index (χ0v) is 14.6. The molecule has 132 valence electrons. The van der Waals surface area contributed by atoms with Crippen molar-refractivity contribution in [1.82, 2.24) is 0 Å². The van der Waals surface area contributed by atoms with Gasteiger partial charge in [-0.05, 0) is 32.6 Å². The van der Waals surface area contributed by atoms with Gasteiger partial charge in [0, 0.05) is 12.3 Å². The van der Waals surface area contributed by atoms with Gasteiger partial charge in [-0.25, -0.2) is 0 Å². The normalized spacial score (nSPS) is 27.3. The van der Waals surface area contributed by atoms with E-state index >= 15 is 0 Å². The Balaban J connectivity index is 2.19. The molecule has 1 aliphatic heterocycles. The third-order valence-electron chi connectivity index (χ3n) is 5.21. The van der Waals surface area contributed by atoms with E-state index < -0.39 is 11.7 Å². The van der Waals surface area contributed by atoms with Crippen molar-refractivity contribution in [2.24, 2.45) is 17.8 Å². The first-order valence-electron chi connectivity index (χ1n) is 9.00. The minimum atomic E-state index is -0.686. The highest BCUT2D eigenvalue weighted by molar-refractivity contribution is 5.98. The average Bonchev–Trinajstić information content (AvgIpc) is 3.10. The summed E-state index contributed by atoms with van der Waals surface area (Å²) >= 11 is 0. The molecule has 2 aliphatic rings. The lowest BCUT2D eigenvalue weighted by Gasteiger charge is -2.34. The molecule has 2 rings (SSSR count). The number of rotatable bonds is 8. The Morgan fingerprint density at radius 2 is 1.91 bits per heavy atom. The Labute approximate surface area is 139 Å². The Bertz CT molecular complexity index is 414. The van der Waals surface area contributed by atoms with E-state index in [2.05, 4.69) is 6.92 Å². The van der Waals surface area contributed by atoms with Crippen LogP contribution in [0.2, 0.25) is 0 Å². The van der Waals surface area contributed by atoms with Crippen LogP contribution in [0.3, 0.4) is 0 Å². The number of hydrogen-bond acceptors (Lipinski definition) is 5. The monoisotopic (exact) mass is 326 g/mol. The van der Waals surface area contributed by atoms with E-state index in [4.69, 9.17) is 14.2 Å². The summed E-state index contributed by atoms with van der Waals surface area (Å²) in [5.41, 5.74) is 0.